The van der Waals surface area contributed by atoms with Gasteiger partial charge in [-0.1, -0.05) is 107 Å². The predicted molar refractivity (Wildman–Crippen MR) is 201 cm³/mol. The van der Waals surface area contributed by atoms with Gasteiger partial charge in [0.15, 0.2) is 0 Å². The molecule has 0 spiro atoms. The lowest BCUT2D eigenvalue weighted by Crippen LogP contribution is -2.66. The van der Waals surface area contributed by atoms with E-state index in [1.54, 1.807) is 0 Å². The van der Waals surface area contributed by atoms with Gasteiger partial charge in [0.2, 0.25) is 0 Å². The molecule has 0 radical (unpaired) electrons. The van der Waals surface area contributed by atoms with Crippen LogP contribution in [0.4, 0.5) is 0 Å². The van der Waals surface area contributed by atoms with Crippen molar-refractivity contribution in [2.75, 3.05) is 0 Å². The van der Waals surface area contributed by atoms with E-state index in [4.69, 9.17) is 9.84 Å². The van der Waals surface area contributed by atoms with E-state index in [0.29, 0.717) is 42.6 Å². The van der Waals surface area contributed by atoms with Crippen LogP contribution < -0.4 is 0 Å². The average molecular weight is 677 g/mol. The maximum Gasteiger partial charge on any atom is 0.312 e. The van der Waals surface area contributed by atoms with Crippen LogP contribution in [0.3, 0.4) is 0 Å². The summed E-state index contributed by atoms with van der Waals surface area (Å²) >= 11 is 0. The molecular formula is C46H60O4. The van der Waals surface area contributed by atoms with Crippen molar-refractivity contribution in [1.82, 2.24) is 0 Å². The van der Waals surface area contributed by atoms with Crippen LogP contribution in [0.15, 0.2) is 72.8 Å². The fourth-order valence-electron chi connectivity index (χ4n) is 13.6. The number of hydrogen-bond donors (Lipinski definition) is 1. The van der Waals surface area contributed by atoms with E-state index in [0.717, 1.165) is 43.2 Å². The molecule has 4 fully saturated rings. The monoisotopic (exact) mass is 676 g/mol. The Kier molecular flexibility index (Phi) is 8.83. The summed E-state index contributed by atoms with van der Waals surface area (Å²) in [4.78, 5) is 25.5. The topological polar surface area (TPSA) is 63.6 Å². The van der Waals surface area contributed by atoms with Crippen molar-refractivity contribution in [2.24, 2.45) is 56.7 Å². The highest BCUT2D eigenvalue weighted by Crippen LogP contribution is 2.77. The Balaban J connectivity index is 1.17. The van der Waals surface area contributed by atoms with Crippen molar-refractivity contribution in [3.8, 4) is 0 Å². The molecule has 4 saturated carbocycles. The molecule has 7 rings (SSSR count). The summed E-state index contributed by atoms with van der Waals surface area (Å²) in [5, 5.41) is 9.15. The molecule has 0 heterocycles. The Bertz CT molecular complexity index is 1670. The first-order chi connectivity index (χ1) is 23.7. The summed E-state index contributed by atoms with van der Waals surface area (Å²) in [5.41, 5.74) is 6.36. The third kappa shape index (κ3) is 5.28. The highest BCUT2D eigenvalue weighted by Gasteiger charge is 2.71. The number of esters is 1. The third-order valence-corrected chi connectivity index (χ3v) is 16.2. The highest BCUT2D eigenvalue weighted by atomic mass is 16.5. The molecule has 1 N–H and O–H groups in total. The van der Waals surface area contributed by atoms with Gasteiger partial charge in [0.25, 0.3) is 0 Å². The minimum atomic E-state index is -0.746. The number of fused-ring (bicyclic) bond motifs is 7. The lowest BCUT2D eigenvalue weighted by molar-refractivity contribution is -0.229. The van der Waals surface area contributed by atoms with Crippen molar-refractivity contribution in [1.29, 1.82) is 0 Å². The second-order valence-corrected chi connectivity index (χ2v) is 18.5. The molecule has 2 aromatic rings. The van der Waals surface area contributed by atoms with Crippen LogP contribution in [0.25, 0.3) is 5.57 Å². The van der Waals surface area contributed by atoms with Crippen LogP contribution in [-0.2, 0) is 27.4 Å². The second kappa shape index (κ2) is 12.5. The third-order valence-electron chi connectivity index (χ3n) is 16.2. The Hall–Kier alpha value is -3.14. The first-order valence-corrected chi connectivity index (χ1v) is 19.6. The molecule has 0 saturated heterocycles. The molecule has 5 aliphatic rings. The number of hydrogen-bond acceptors (Lipinski definition) is 3. The number of allylic oxidation sites excluding steroid dienone is 3. The maximum atomic E-state index is 14.3. The van der Waals surface area contributed by atoms with Crippen molar-refractivity contribution in [3.05, 3.63) is 89.5 Å². The first-order valence-electron chi connectivity index (χ1n) is 19.6. The van der Waals surface area contributed by atoms with Gasteiger partial charge in [-0.15, -0.1) is 0 Å². The SMILES string of the molecule is C=C(C)[C@@H]1CC[C@]2(C(=O)OCc3ccccc3)CC[C@]3(C)[C@H](CC[C@@H]4[C@@]5(C)CC=C(c6ccc(CCC(=O)O)cc6)C(C)(C)[C@@H]5CC[C@]43C)[C@@H]12. The number of carbonyl (C=O) groups is 2. The molecule has 9 atom stereocenters. The van der Waals surface area contributed by atoms with E-state index < -0.39 is 11.4 Å². The molecule has 0 aliphatic heterocycles. The molecule has 5 aliphatic carbocycles. The number of ether oxygens (including phenoxy) is 1. The average Bonchev–Trinajstić information content (AvgIpc) is 3.49. The van der Waals surface area contributed by atoms with Crippen molar-refractivity contribution in [2.45, 2.75) is 119 Å². The summed E-state index contributed by atoms with van der Waals surface area (Å²) in [6.45, 7) is 20.0. The Labute approximate surface area is 301 Å². The first kappa shape index (κ1) is 35.3. The summed E-state index contributed by atoms with van der Waals surface area (Å²) in [5.74, 6) is 1.70. The van der Waals surface area contributed by atoms with E-state index in [-0.39, 0.29) is 34.1 Å². The van der Waals surface area contributed by atoms with Gasteiger partial charge in [0.05, 0.1) is 5.41 Å². The minimum Gasteiger partial charge on any atom is -0.481 e. The van der Waals surface area contributed by atoms with Crippen LogP contribution in [-0.4, -0.2) is 17.0 Å². The molecule has 4 heteroatoms. The molecule has 268 valence electrons. The Morgan fingerprint density at radius 2 is 1.54 bits per heavy atom. The van der Waals surface area contributed by atoms with Crippen LogP contribution in [0.2, 0.25) is 0 Å². The quantitative estimate of drug-likeness (QED) is 0.223. The number of benzene rings is 2. The van der Waals surface area contributed by atoms with E-state index in [2.05, 4.69) is 90.6 Å². The molecule has 0 bridgehead atoms. The fraction of sp³-hybridized carbons (Fsp3) is 0.609. The second-order valence-electron chi connectivity index (χ2n) is 18.5. The lowest BCUT2D eigenvalue weighted by atomic mass is 9.32. The number of carboxylic acids is 1. The van der Waals surface area contributed by atoms with Gasteiger partial charge < -0.3 is 9.84 Å². The van der Waals surface area contributed by atoms with Crippen LogP contribution in [0.5, 0.6) is 0 Å². The fourth-order valence-corrected chi connectivity index (χ4v) is 13.6. The molecule has 0 unspecified atom stereocenters. The number of carbonyl (C=O) groups excluding carboxylic acids is 1. The number of aliphatic carboxylic acids is 1. The number of carboxylic acid groups (broad SMARTS) is 1. The summed E-state index contributed by atoms with van der Waals surface area (Å²) in [7, 11) is 0. The van der Waals surface area contributed by atoms with Crippen molar-refractivity contribution in [3.63, 3.8) is 0 Å². The zero-order valence-electron chi connectivity index (χ0n) is 31.5. The van der Waals surface area contributed by atoms with Crippen molar-refractivity contribution >= 4 is 17.5 Å². The van der Waals surface area contributed by atoms with E-state index in [1.165, 1.54) is 42.4 Å². The lowest BCUT2D eigenvalue weighted by Gasteiger charge is -2.72. The van der Waals surface area contributed by atoms with Gasteiger partial charge in [-0.2, -0.15) is 0 Å². The summed E-state index contributed by atoms with van der Waals surface area (Å²) in [6.07, 6.45) is 13.3. The summed E-state index contributed by atoms with van der Waals surface area (Å²) < 4.78 is 6.23. The van der Waals surface area contributed by atoms with Gasteiger partial charge >= 0.3 is 11.9 Å². The molecule has 50 heavy (non-hydrogen) atoms. The van der Waals surface area contributed by atoms with E-state index >= 15 is 0 Å². The molecular weight excluding hydrogens is 617 g/mol. The van der Waals surface area contributed by atoms with E-state index in [9.17, 15) is 9.59 Å². The van der Waals surface area contributed by atoms with Gasteiger partial charge in [0.1, 0.15) is 6.61 Å². The predicted octanol–water partition coefficient (Wildman–Crippen LogP) is 11.1. The Morgan fingerprint density at radius 1 is 0.820 bits per heavy atom. The molecule has 0 aromatic heterocycles. The smallest absolute Gasteiger partial charge is 0.312 e. The van der Waals surface area contributed by atoms with Crippen LogP contribution >= 0.6 is 0 Å². The van der Waals surface area contributed by atoms with Crippen molar-refractivity contribution < 1.29 is 19.4 Å². The standard InChI is InChI=1S/C46H60O4/c1-30(2)34-21-26-46(41(49)50-29-32-11-9-8-10-12-32)28-27-44(6)36(40(34)46)18-19-38-43(5)24-22-35(42(3,4)37(43)23-25-45(38,44)7)33-16-13-31(14-17-33)15-20-39(47)48/h8-14,16-17,22,34,36-38,40H,1,15,18-21,23-29H2,2-7H3,(H,47,48)/t34-,36+,37-,38+,40+,43-,44+,45+,46-/m0/s1. The molecule has 0 amide bonds. The molecule has 2 aromatic carbocycles. The number of aryl methyl sites for hydroxylation is 1. The van der Waals surface area contributed by atoms with Gasteiger partial charge in [-0.25, -0.2) is 0 Å². The zero-order valence-corrected chi connectivity index (χ0v) is 31.5. The van der Waals surface area contributed by atoms with E-state index in [1.807, 2.05) is 18.2 Å². The van der Waals surface area contributed by atoms with Gasteiger partial charge in [-0.05, 0) is 145 Å². The van der Waals surface area contributed by atoms with Crippen LogP contribution in [0.1, 0.15) is 122 Å². The summed E-state index contributed by atoms with van der Waals surface area (Å²) in [6, 6.07) is 18.9. The molecule has 4 nitrogen and oxygen atoms in total. The normalized spacial score (nSPS) is 38.4. The van der Waals surface area contributed by atoms with Crippen LogP contribution in [0, 0.1) is 56.7 Å². The van der Waals surface area contributed by atoms with Gasteiger partial charge in [0, 0.05) is 6.42 Å². The Morgan fingerprint density at radius 3 is 2.22 bits per heavy atom. The minimum absolute atomic E-state index is 0.0371. The van der Waals surface area contributed by atoms with Gasteiger partial charge in [-0.3, -0.25) is 9.59 Å². The zero-order chi connectivity index (χ0) is 35.7. The maximum absolute atomic E-state index is 14.3. The number of rotatable bonds is 8. The largest absolute Gasteiger partial charge is 0.481 e. The highest BCUT2D eigenvalue weighted by molar-refractivity contribution is 5.78.